The van der Waals surface area contributed by atoms with Gasteiger partial charge in [0.15, 0.2) is 0 Å². The summed E-state index contributed by atoms with van der Waals surface area (Å²) in [5.74, 6) is -0.264. The second kappa shape index (κ2) is 8.17. The number of anilines is 1. The number of halogens is 1. The second-order valence-corrected chi connectivity index (χ2v) is 8.15. The van der Waals surface area contributed by atoms with E-state index in [0.29, 0.717) is 35.8 Å². The van der Waals surface area contributed by atoms with Gasteiger partial charge >= 0.3 is 0 Å². The Balaban J connectivity index is 1.83. The van der Waals surface area contributed by atoms with E-state index >= 15 is 0 Å². The molecule has 7 heteroatoms. The molecule has 2 N–H and O–H groups in total. The zero-order valence-corrected chi connectivity index (χ0v) is 16.8. The van der Waals surface area contributed by atoms with Crippen LogP contribution in [0.4, 0.5) is 5.69 Å². The Morgan fingerprint density at radius 1 is 1.33 bits per heavy atom. The van der Waals surface area contributed by atoms with Gasteiger partial charge in [-0.3, -0.25) is 9.59 Å². The summed E-state index contributed by atoms with van der Waals surface area (Å²) in [6, 6.07) is 5.12. The number of hydrogen-bond acceptors (Lipinski definition) is 4. The predicted molar refractivity (Wildman–Crippen MR) is 106 cm³/mol. The second-order valence-electron chi connectivity index (χ2n) is 7.71. The molecule has 2 fully saturated rings. The van der Waals surface area contributed by atoms with Crippen LogP contribution in [0.5, 0.6) is 0 Å². The van der Waals surface area contributed by atoms with Crippen LogP contribution in [-0.2, 0) is 4.79 Å². The summed E-state index contributed by atoms with van der Waals surface area (Å²) in [5, 5.41) is 13.3. The Hall–Kier alpha value is -1.63. The molecule has 2 amide bonds. The molecule has 0 saturated carbocycles. The van der Waals surface area contributed by atoms with Crippen molar-refractivity contribution >= 4 is 29.1 Å². The maximum absolute atomic E-state index is 13.2. The summed E-state index contributed by atoms with van der Waals surface area (Å²) in [7, 11) is 2.07. The number of amides is 2. The Morgan fingerprint density at radius 3 is 2.81 bits per heavy atom. The number of piperidine rings is 2. The molecule has 2 atom stereocenters. The summed E-state index contributed by atoms with van der Waals surface area (Å²) < 4.78 is 0. The summed E-state index contributed by atoms with van der Waals surface area (Å²) in [6.45, 7) is 4.09. The van der Waals surface area contributed by atoms with Crippen molar-refractivity contribution < 1.29 is 14.7 Å². The molecule has 0 bridgehead atoms. The molecule has 6 nitrogen and oxygen atoms in total. The number of nitrogens with zero attached hydrogens (tertiary/aromatic N) is 2. The maximum atomic E-state index is 13.2. The number of aliphatic hydroxyl groups is 1. The van der Waals surface area contributed by atoms with Gasteiger partial charge in [-0.05, 0) is 51.1 Å². The lowest BCUT2D eigenvalue weighted by molar-refractivity contribution is -0.115. The van der Waals surface area contributed by atoms with Crippen molar-refractivity contribution in [2.45, 2.75) is 38.6 Å². The van der Waals surface area contributed by atoms with Crippen molar-refractivity contribution in [3.05, 3.63) is 28.8 Å². The largest absolute Gasteiger partial charge is 0.396 e. The molecule has 27 heavy (non-hydrogen) atoms. The number of nitrogens with one attached hydrogen (secondary N) is 1. The molecule has 2 aliphatic heterocycles. The third-order valence-electron chi connectivity index (χ3n) is 6.11. The minimum Gasteiger partial charge on any atom is -0.396 e. The summed E-state index contributed by atoms with van der Waals surface area (Å²) >= 11 is 6.07. The molecule has 0 unspecified atom stereocenters. The zero-order valence-electron chi connectivity index (χ0n) is 16.0. The van der Waals surface area contributed by atoms with Crippen LogP contribution in [-0.4, -0.2) is 66.1 Å². The lowest BCUT2D eigenvalue weighted by Gasteiger charge is -2.53. The van der Waals surface area contributed by atoms with E-state index in [1.54, 1.807) is 25.1 Å². The number of fused-ring (bicyclic) bond motifs is 1. The van der Waals surface area contributed by atoms with Gasteiger partial charge < -0.3 is 20.2 Å². The SMILES string of the molecule is CCC(=O)Nc1cc(Cl)ccc1C(=O)N1CC[C@@]2(CO)CCCN(C)[C@@H]2C1. The number of benzene rings is 1. The van der Waals surface area contributed by atoms with Crippen LogP contribution in [0.3, 0.4) is 0 Å². The van der Waals surface area contributed by atoms with Crippen molar-refractivity contribution in [3.63, 3.8) is 0 Å². The fourth-order valence-corrected chi connectivity index (χ4v) is 4.59. The number of likely N-dealkylation sites (tertiary alicyclic amines) is 2. The molecular formula is C20H28ClN3O3. The average Bonchev–Trinajstić information content (AvgIpc) is 2.67. The molecule has 2 heterocycles. The number of carbonyl (C=O) groups excluding carboxylic acids is 2. The Labute approximate surface area is 165 Å². The Bertz CT molecular complexity index is 726. The van der Waals surface area contributed by atoms with Gasteiger partial charge in [0.25, 0.3) is 5.91 Å². The molecular weight excluding hydrogens is 366 g/mol. The van der Waals surface area contributed by atoms with Crippen LogP contribution in [0.25, 0.3) is 0 Å². The first-order valence-corrected chi connectivity index (χ1v) is 9.98. The van der Waals surface area contributed by atoms with E-state index in [9.17, 15) is 14.7 Å². The number of rotatable bonds is 4. The van der Waals surface area contributed by atoms with Gasteiger partial charge in [-0.15, -0.1) is 0 Å². The van der Waals surface area contributed by atoms with Crippen molar-refractivity contribution in [3.8, 4) is 0 Å². The van der Waals surface area contributed by atoms with Crippen molar-refractivity contribution in [1.82, 2.24) is 9.80 Å². The monoisotopic (exact) mass is 393 g/mol. The number of likely N-dealkylation sites (N-methyl/N-ethyl adjacent to an activating group) is 1. The van der Waals surface area contributed by atoms with Gasteiger partial charge in [0.1, 0.15) is 0 Å². The smallest absolute Gasteiger partial charge is 0.256 e. The fourth-order valence-electron chi connectivity index (χ4n) is 4.42. The first kappa shape index (κ1) is 20.1. The third-order valence-corrected chi connectivity index (χ3v) is 6.34. The van der Waals surface area contributed by atoms with E-state index in [-0.39, 0.29) is 29.9 Å². The van der Waals surface area contributed by atoms with Gasteiger partial charge in [0.05, 0.1) is 17.9 Å². The van der Waals surface area contributed by atoms with E-state index < -0.39 is 0 Å². The molecule has 2 aliphatic rings. The lowest BCUT2D eigenvalue weighted by Crippen LogP contribution is -2.62. The fraction of sp³-hybridized carbons (Fsp3) is 0.600. The molecule has 1 aromatic carbocycles. The summed E-state index contributed by atoms with van der Waals surface area (Å²) in [5.41, 5.74) is 0.787. The zero-order chi connectivity index (χ0) is 19.6. The van der Waals surface area contributed by atoms with Crippen LogP contribution in [0.15, 0.2) is 18.2 Å². The summed E-state index contributed by atoms with van der Waals surface area (Å²) in [6.07, 6.45) is 3.19. The van der Waals surface area contributed by atoms with Crippen LogP contribution in [0.1, 0.15) is 43.0 Å². The molecule has 3 rings (SSSR count). The topological polar surface area (TPSA) is 72.9 Å². The maximum Gasteiger partial charge on any atom is 0.256 e. The van der Waals surface area contributed by atoms with Gasteiger partial charge in [0, 0.05) is 36.0 Å². The van der Waals surface area contributed by atoms with Crippen molar-refractivity contribution in [2.75, 3.05) is 38.6 Å². The normalized spacial score (nSPS) is 25.8. The van der Waals surface area contributed by atoms with Crippen LogP contribution < -0.4 is 5.32 Å². The predicted octanol–water partition coefficient (Wildman–Crippen LogP) is 2.61. The quantitative estimate of drug-likeness (QED) is 0.824. The highest BCUT2D eigenvalue weighted by molar-refractivity contribution is 6.31. The minimum absolute atomic E-state index is 0.108. The van der Waals surface area contributed by atoms with E-state index in [2.05, 4.69) is 17.3 Å². The Kier molecular flexibility index (Phi) is 6.08. The van der Waals surface area contributed by atoms with E-state index in [0.717, 1.165) is 25.8 Å². The number of aliphatic hydroxyl groups excluding tert-OH is 1. The lowest BCUT2D eigenvalue weighted by atomic mass is 9.69. The van der Waals surface area contributed by atoms with Gasteiger partial charge in [-0.2, -0.15) is 0 Å². The Morgan fingerprint density at radius 2 is 2.11 bits per heavy atom. The van der Waals surface area contributed by atoms with E-state index in [4.69, 9.17) is 11.6 Å². The van der Waals surface area contributed by atoms with Gasteiger partial charge in [-0.1, -0.05) is 18.5 Å². The van der Waals surface area contributed by atoms with Gasteiger partial charge in [-0.25, -0.2) is 0 Å². The standard InChI is InChI=1S/C20H28ClN3O3/c1-3-18(26)22-16-11-14(21)5-6-15(16)19(27)24-10-8-20(13-25)7-4-9-23(2)17(20)12-24/h5-6,11,17,25H,3-4,7-10,12-13H2,1-2H3,(H,22,26)/t17-,20-/m1/s1. The highest BCUT2D eigenvalue weighted by Crippen LogP contribution is 2.42. The first-order chi connectivity index (χ1) is 12.9. The number of carbonyl (C=O) groups is 2. The minimum atomic E-state index is -0.156. The highest BCUT2D eigenvalue weighted by Gasteiger charge is 2.47. The van der Waals surface area contributed by atoms with E-state index in [1.165, 1.54) is 0 Å². The van der Waals surface area contributed by atoms with Crippen molar-refractivity contribution in [1.29, 1.82) is 0 Å². The van der Waals surface area contributed by atoms with Gasteiger partial charge in [0.2, 0.25) is 5.91 Å². The third kappa shape index (κ3) is 3.98. The number of hydrogen-bond donors (Lipinski definition) is 2. The molecule has 0 aliphatic carbocycles. The van der Waals surface area contributed by atoms with E-state index in [1.807, 2.05) is 4.90 Å². The van der Waals surface area contributed by atoms with Crippen LogP contribution in [0, 0.1) is 5.41 Å². The highest BCUT2D eigenvalue weighted by atomic mass is 35.5. The first-order valence-electron chi connectivity index (χ1n) is 9.60. The molecule has 0 spiro atoms. The molecule has 148 valence electrons. The molecule has 0 aromatic heterocycles. The van der Waals surface area contributed by atoms with Crippen molar-refractivity contribution in [2.24, 2.45) is 5.41 Å². The van der Waals surface area contributed by atoms with Crippen LogP contribution in [0.2, 0.25) is 5.02 Å². The summed E-state index contributed by atoms with van der Waals surface area (Å²) in [4.78, 5) is 29.2. The average molecular weight is 394 g/mol. The molecule has 1 aromatic rings. The molecule has 2 saturated heterocycles. The molecule has 0 radical (unpaired) electrons. The van der Waals surface area contributed by atoms with Crippen LogP contribution >= 0.6 is 11.6 Å².